The molecule has 3 aromatic rings. The standard InChI is InChI=1S/C22H25N5O2S2/c1-15(28)26-18-7-8-19(21(13-18)31(29)27-11-9-24-10-12-27)20-14-25-22(30-20)16-3-5-17(23-2)6-4-16/h3-8,13-14,23-24H,9-12H2,1-2H3,(H,26,28). The highest BCUT2D eigenvalue weighted by Crippen LogP contribution is 2.38. The van der Waals surface area contributed by atoms with Gasteiger partial charge in [0.15, 0.2) is 4.90 Å². The molecule has 9 heteroatoms. The van der Waals surface area contributed by atoms with Crippen LogP contribution in [0.5, 0.6) is 0 Å². The lowest BCUT2D eigenvalue weighted by Crippen LogP contribution is -2.46. The van der Waals surface area contributed by atoms with Gasteiger partial charge >= 0.3 is 0 Å². The van der Waals surface area contributed by atoms with Gasteiger partial charge in [0.1, 0.15) is 5.01 Å². The maximum atomic E-state index is 13.5. The third-order valence-electron chi connectivity index (χ3n) is 4.99. The second-order valence-electron chi connectivity index (χ2n) is 7.18. The second-order valence-corrected chi connectivity index (χ2v) is 9.66. The quantitative estimate of drug-likeness (QED) is 0.494. The van der Waals surface area contributed by atoms with E-state index in [4.69, 9.17) is 0 Å². The minimum atomic E-state index is -1.33. The minimum absolute atomic E-state index is 0.156. The number of piperazine rings is 1. The molecule has 4 rings (SSSR count). The first-order valence-corrected chi connectivity index (χ1v) is 12.0. The molecule has 31 heavy (non-hydrogen) atoms. The molecule has 0 aliphatic carbocycles. The van der Waals surface area contributed by atoms with Gasteiger partial charge in [-0.2, -0.15) is 0 Å². The Hall–Kier alpha value is -2.43. The van der Waals surface area contributed by atoms with E-state index in [0.717, 1.165) is 39.8 Å². The van der Waals surface area contributed by atoms with E-state index in [0.29, 0.717) is 23.7 Å². The van der Waals surface area contributed by atoms with E-state index in [9.17, 15) is 9.35 Å². The number of nitrogens with one attached hydrogen (secondary N) is 3. The van der Waals surface area contributed by atoms with Crippen LogP contribution in [-0.2, 0) is 16.2 Å². The van der Waals surface area contributed by atoms with Crippen molar-refractivity contribution in [1.82, 2.24) is 14.6 Å². The van der Waals surface area contributed by atoms with Crippen molar-refractivity contribution in [3.63, 3.8) is 0 Å². The average molecular weight is 456 g/mol. The van der Waals surface area contributed by atoms with Crippen LogP contribution in [-0.4, -0.2) is 53.0 Å². The zero-order chi connectivity index (χ0) is 21.8. The van der Waals surface area contributed by atoms with E-state index in [1.165, 1.54) is 6.92 Å². The minimum Gasteiger partial charge on any atom is -0.593 e. The van der Waals surface area contributed by atoms with Gasteiger partial charge in [0, 0.05) is 56.3 Å². The maximum absolute atomic E-state index is 13.5. The largest absolute Gasteiger partial charge is 0.593 e. The molecule has 0 bridgehead atoms. The number of benzene rings is 2. The molecule has 7 nitrogen and oxygen atoms in total. The Balaban J connectivity index is 1.69. The predicted octanol–water partition coefficient (Wildman–Crippen LogP) is 3.41. The van der Waals surface area contributed by atoms with E-state index < -0.39 is 11.4 Å². The molecule has 2 heterocycles. The zero-order valence-corrected chi connectivity index (χ0v) is 19.1. The summed E-state index contributed by atoms with van der Waals surface area (Å²) in [4.78, 5) is 17.8. The smallest absolute Gasteiger partial charge is 0.221 e. The van der Waals surface area contributed by atoms with Crippen LogP contribution in [0.1, 0.15) is 6.92 Å². The Bertz CT molecular complexity index is 1050. The van der Waals surface area contributed by atoms with Crippen molar-refractivity contribution in [1.29, 1.82) is 0 Å². The Morgan fingerprint density at radius 1 is 1.16 bits per heavy atom. The molecule has 2 aromatic carbocycles. The molecule has 0 radical (unpaired) electrons. The molecular formula is C22H25N5O2S2. The van der Waals surface area contributed by atoms with Crippen molar-refractivity contribution >= 4 is 40.0 Å². The number of rotatable bonds is 6. The topological polar surface area (TPSA) is 92.3 Å². The number of carbonyl (C=O) groups is 1. The summed E-state index contributed by atoms with van der Waals surface area (Å²) in [6, 6.07) is 13.7. The Morgan fingerprint density at radius 2 is 1.87 bits per heavy atom. The van der Waals surface area contributed by atoms with Crippen LogP contribution < -0.4 is 16.0 Å². The highest BCUT2D eigenvalue weighted by Gasteiger charge is 2.28. The van der Waals surface area contributed by atoms with Crippen LogP contribution in [0.2, 0.25) is 0 Å². The fraction of sp³-hybridized carbons (Fsp3) is 0.273. The monoisotopic (exact) mass is 455 g/mol. The number of aromatic nitrogens is 1. The van der Waals surface area contributed by atoms with Gasteiger partial charge in [0.05, 0.1) is 34.9 Å². The van der Waals surface area contributed by atoms with Gasteiger partial charge in [-0.1, -0.05) is 0 Å². The zero-order valence-electron chi connectivity index (χ0n) is 17.5. The number of amides is 1. The van der Waals surface area contributed by atoms with Crippen molar-refractivity contribution in [2.45, 2.75) is 11.8 Å². The summed E-state index contributed by atoms with van der Waals surface area (Å²) in [5.41, 5.74) is 3.60. The van der Waals surface area contributed by atoms with E-state index in [1.807, 2.05) is 60.0 Å². The molecule has 1 fully saturated rings. The van der Waals surface area contributed by atoms with Crippen LogP contribution in [0.25, 0.3) is 21.0 Å². The summed E-state index contributed by atoms with van der Waals surface area (Å²) in [7, 11) is 1.89. The lowest BCUT2D eigenvalue weighted by Gasteiger charge is -2.28. The van der Waals surface area contributed by atoms with Crippen molar-refractivity contribution in [3.8, 4) is 21.0 Å². The van der Waals surface area contributed by atoms with Crippen LogP contribution >= 0.6 is 11.3 Å². The molecule has 1 aromatic heterocycles. The first kappa shape index (κ1) is 21.8. The Labute approximate surface area is 189 Å². The van der Waals surface area contributed by atoms with Crippen LogP contribution in [0, 0.1) is 0 Å². The molecule has 1 unspecified atom stereocenters. The van der Waals surface area contributed by atoms with Gasteiger partial charge in [-0.3, -0.25) is 4.79 Å². The van der Waals surface area contributed by atoms with Gasteiger partial charge < -0.3 is 20.5 Å². The van der Waals surface area contributed by atoms with Gasteiger partial charge in [0.25, 0.3) is 0 Å². The van der Waals surface area contributed by atoms with E-state index in [2.05, 4.69) is 20.9 Å². The van der Waals surface area contributed by atoms with Gasteiger partial charge in [-0.05, 0) is 36.4 Å². The summed E-state index contributed by atoms with van der Waals surface area (Å²) in [5.74, 6) is -0.156. The van der Waals surface area contributed by atoms with E-state index in [-0.39, 0.29) is 5.91 Å². The highest BCUT2D eigenvalue weighted by atomic mass is 32.2. The number of nitrogens with zero attached hydrogens (tertiary/aromatic N) is 2. The molecule has 1 aliphatic heterocycles. The third kappa shape index (κ3) is 5.08. The Morgan fingerprint density at radius 3 is 2.55 bits per heavy atom. The third-order valence-corrected chi connectivity index (χ3v) is 7.62. The Kier molecular flexibility index (Phi) is 6.89. The molecule has 3 N–H and O–H groups in total. The fourth-order valence-electron chi connectivity index (χ4n) is 3.41. The molecule has 0 saturated carbocycles. The van der Waals surface area contributed by atoms with Crippen molar-refractivity contribution < 1.29 is 9.35 Å². The molecule has 1 aliphatic rings. The summed E-state index contributed by atoms with van der Waals surface area (Å²) in [5, 5.41) is 10.1. The molecule has 1 atom stereocenters. The molecule has 1 saturated heterocycles. The predicted molar refractivity (Wildman–Crippen MR) is 128 cm³/mol. The first-order chi connectivity index (χ1) is 15.0. The molecule has 1 amide bonds. The van der Waals surface area contributed by atoms with Crippen molar-refractivity contribution in [3.05, 3.63) is 48.7 Å². The molecular weight excluding hydrogens is 430 g/mol. The van der Waals surface area contributed by atoms with Crippen LogP contribution in [0.15, 0.2) is 53.6 Å². The fourth-order valence-corrected chi connectivity index (χ4v) is 5.82. The van der Waals surface area contributed by atoms with Crippen molar-refractivity contribution in [2.75, 3.05) is 43.9 Å². The highest BCUT2D eigenvalue weighted by molar-refractivity contribution is 7.89. The van der Waals surface area contributed by atoms with Gasteiger partial charge in [-0.25, -0.2) is 4.98 Å². The average Bonchev–Trinajstić information content (AvgIpc) is 3.29. The SMILES string of the molecule is CNc1ccc(-c2ncc(-c3ccc(NC(C)=O)cc3[S+]([O-])N3CCNCC3)s2)cc1. The van der Waals surface area contributed by atoms with Gasteiger partial charge in [-0.15, -0.1) is 15.6 Å². The molecule has 162 valence electrons. The van der Waals surface area contributed by atoms with E-state index >= 15 is 0 Å². The van der Waals surface area contributed by atoms with E-state index in [1.54, 1.807) is 11.3 Å². The number of hydrogen-bond donors (Lipinski definition) is 3. The second kappa shape index (κ2) is 9.80. The summed E-state index contributed by atoms with van der Waals surface area (Å²) < 4.78 is 15.4. The lowest BCUT2D eigenvalue weighted by molar-refractivity contribution is -0.114. The summed E-state index contributed by atoms with van der Waals surface area (Å²) in [6.07, 6.45) is 1.83. The normalized spacial score (nSPS) is 15.5. The molecule has 0 spiro atoms. The summed E-state index contributed by atoms with van der Waals surface area (Å²) in [6.45, 7) is 4.50. The van der Waals surface area contributed by atoms with Crippen molar-refractivity contribution in [2.24, 2.45) is 0 Å². The first-order valence-electron chi connectivity index (χ1n) is 10.1. The lowest BCUT2D eigenvalue weighted by atomic mass is 10.2. The number of hydrogen-bond acceptors (Lipinski definition) is 7. The number of anilines is 2. The van der Waals surface area contributed by atoms with Gasteiger partial charge in [0.2, 0.25) is 5.91 Å². The number of thiazole rings is 1. The summed E-state index contributed by atoms with van der Waals surface area (Å²) >= 11 is 0.232. The maximum Gasteiger partial charge on any atom is 0.221 e. The van der Waals surface area contributed by atoms with Crippen LogP contribution in [0.3, 0.4) is 0 Å². The number of carbonyl (C=O) groups excluding carboxylic acids is 1. The van der Waals surface area contributed by atoms with Crippen LogP contribution in [0.4, 0.5) is 11.4 Å².